The molecule has 1 aromatic rings. The second-order valence-corrected chi connectivity index (χ2v) is 5.59. The lowest BCUT2D eigenvalue weighted by atomic mass is 10.2. The summed E-state index contributed by atoms with van der Waals surface area (Å²) in [5.41, 5.74) is 0.867. The normalized spacial score (nSPS) is 15.1. The summed E-state index contributed by atoms with van der Waals surface area (Å²) in [6, 6.07) is 5.52. The second-order valence-electron chi connectivity index (χ2n) is 5.59. The number of hydrogen-bond donors (Lipinski definition) is 1. The molecule has 1 heterocycles. The number of amides is 1. The summed E-state index contributed by atoms with van der Waals surface area (Å²) in [4.78, 5) is 14.2. The largest absolute Gasteiger partial charge is 0.493 e. The zero-order chi connectivity index (χ0) is 17.9. The Kier molecular flexibility index (Phi) is 8.01. The number of methoxy groups -OCH3 is 1. The maximum atomic E-state index is 11.9. The minimum Gasteiger partial charge on any atom is -0.493 e. The number of nitrogens with zero attached hydrogens (tertiary/aromatic N) is 1. The van der Waals surface area contributed by atoms with Crippen LogP contribution in [0, 0.1) is 0 Å². The van der Waals surface area contributed by atoms with Gasteiger partial charge in [0.05, 0.1) is 20.3 Å². The highest BCUT2D eigenvalue weighted by Crippen LogP contribution is 2.28. The van der Waals surface area contributed by atoms with E-state index < -0.39 is 0 Å². The third-order valence-corrected chi connectivity index (χ3v) is 3.80. The summed E-state index contributed by atoms with van der Waals surface area (Å²) in [7, 11) is 1.59. The molecule has 2 rings (SSSR count). The fourth-order valence-electron chi connectivity index (χ4n) is 2.45. The average molecular weight is 346 g/mol. The van der Waals surface area contributed by atoms with Crippen molar-refractivity contribution >= 4 is 12.0 Å². The van der Waals surface area contributed by atoms with E-state index in [0.29, 0.717) is 24.7 Å². The SMILES string of the molecule is C=CCOc1ccc(/C=C/C(=O)NCCN2CCOCC2)cc1OC. The summed E-state index contributed by atoms with van der Waals surface area (Å²) in [5, 5.41) is 2.89. The van der Waals surface area contributed by atoms with Gasteiger partial charge in [-0.05, 0) is 23.8 Å². The summed E-state index contributed by atoms with van der Waals surface area (Å²) in [6.07, 6.45) is 4.96. The van der Waals surface area contributed by atoms with Crippen molar-refractivity contribution in [1.29, 1.82) is 0 Å². The van der Waals surface area contributed by atoms with E-state index in [1.807, 2.05) is 18.2 Å². The third-order valence-electron chi connectivity index (χ3n) is 3.80. The second kappa shape index (κ2) is 10.5. The molecule has 136 valence electrons. The van der Waals surface area contributed by atoms with E-state index in [-0.39, 0.29) is 5.91 Å². The van der Waals surface area contributed by atoms with Crippen LogP contribution in [0.15, 0.2) is 36.9 Å². The van der Waals surface area contributed by atoms with Crippen molar-refractivity contribution in [1.82, 2.24) is 10.2 Å². The van der Waals surface area contributed by atoms with E-state index in [4.69, 9.17) is 14.2 Å². The molecule has 1 aliphatic heterocycles. The van der Waals surface area contributed by atoms with Gasteiger partial charge in [0, 0.05) is 32.3 Å². The van der Waals surface area contributed by atoms with Crippen LogP contribution in [0.1, 0.15) is 5.56 Å². The van der Waals surface area contributed by atoms with Gasteiger partial charge in [-0.25, -0.2) is 0 Å². The molecule has 0 spiro atoms. The van der Waals surface area contributed by atoms with Gasteiger partial charge < -0.3 is 19.5 Å². The van der Waals surface area contributed by atoms with Crippen LogP contribution in [0.2, 0.25) is 0 Å². The highest BCUT2D eigenvalue weighted by Gasteiger charge is 2.09. The lowest BCUT2D eigenvalue weighted by molar-refractivity contribution is -0.116. The van der Waals surface area contributed by atoms with Crippen LogP contribution in [-0.2, 0) is 9.53 Å². The van der Waals surface area contributed by atoms with E-state index >= 15 is 0 Å². The predicted octanol–water partition coefficient (Wildman–Crippen LogP) is 1.72. The van der Waals surface area contributed by atoms with Gasteiger partial charge in [-0.1, -0.05) is 18.7 Å². The van der Waals surface area contributed by atoms with Crippen LogP contribution in [0.5, 0.6) is 11.5 Å². The van der Waals surface area contributed by atoms with E-state index in [1.165, 1.54) is 6.08 Å². The molecule has 0 bridgehead atoms. The van der Waals surface area contributed by atoms with Crippen molar-refractivity contribution in [3.63, 3.8) is 0 Å². The van der Waals surface area contributed by atoms with Gasteiger partial charge in [0.1, 0.15) is 6.61 Å². The Labute approximate surface area is 149 Å². The van der Waals surface area contributed by atoms with Crippen LogP contribution >= 0.6 is 0 Å². The summed E-state index contributed by atoms with van der Waals surface area (Å²) in [5.74, 6) is 1.16. The Morgan fingerprint density at radius 1 is 1.36 bits per heavy atom. The van der Waals surface area contributed by atoms with E-state index in [0.717, 1.165) is 38.4 Å². The van der Waals surface area contributed by atoms with Crippen LogP contribution in [0.25, 0.3) is 6.08 Å². The van der Waals surface area contributed by atoms with Gasteiger partial charge in [0.2, 0.25) is 5.91 Å². The Morgan fingerprint density at radius 3 is 2.88 bits per heavy atom. The first-order valence-corrected chi connectivity index (χ1v) is 8.40. The first-order chi connectivity index (χ1) is 12.2. The van der Waals surface area contributed by atoms with Crippen molar-refractivity contribution in [3.05, 3.63) is 42.5 Å². The molecule has 0 atom stereocenters. The number of morpholine rings is 1. The van der Waals surface area contributed by atoms with Gasteiger partial charge in [-0.3, -0.25) is 9.69 Å². The zero-order valence-electron chi connectivity index (χ0n) is 14.7. The third kappa shape index (κ3) is 6.60. The van der Waals surface area contributed by atoms with Crippen LogP contribution < -0.4 is 14.8 Å². The topological polar surface area (TPSA) is 60.0 Å². The van der Waals surface area contributed by atoms with Crippen molar-refractivity contribution in [2.75, 3.05) is 53.1 Å². The number of hydrogen-bond acceptors (Lipinski definition) is 5. The molecule has 1 saturated heterocycles. The van der Waals surface area contributed by atoms with Gasteiger partial charge in [0.15, 0.2) is 11.5 Å². The fraction of sp³-hybridized carbons (Fsp3) is 0.421. The molecule has 6 heteroatoms. The maximum absolute atomic E-state index is 11.9. The van der Waals surface area contributed by atoms with Crippen molar-refractivity contribution < 1.29 is 19.0 Å². The number of benzene rings is 1. The smallest absolute Gasteiger partial charge is 0.244 e. The van der Waals surface area contributed by atoms with Crippen molar-refractivity contribution in [3.8, 4) is 11.5 Å². The summed E-state index contributed by atoms with van der Waals surface area (Å²) < 4.78 is 16.1. The predicted molar refractivity (Wildman–Crippen MR) is 98.0 cm³/mol. The fourth-order valence-corrected chi connectivity index (χ4v) is 2.45. The first kappa shape index (κ1) is 19.0. The molecule has 1 N–H and O–H groups in total. The molecule has 0 unspecified atom stereocenters. The Hall–Kier alpha value is -2.31. The molecule has 1 aliphatic rings. The summed E-state index contributed by atoms with van der Waals surface area (Å²) in [6.45, 7) is 8.88. The molecule has 1 amide bonds. The molecule has 6 nitrogen and oxygen atoms in total. The monoisotopic (exact) mass is 346 g/mol. The summed E-state index contributed by atoms with van der Waals surface area (Å²) >= 11 is 0. The Morgan fingerprint density at radius 2 is 2.16 bits per heavy atom. The number of rotatable bonds is 9. The molecule has 1 aromatic carbocycles. The number of nitrogens with one attached hydrogen (secondary N) is 1. The highest BCUT2D eigenvalue weighted by molar-refractivity contribution is 5.91. The zero-order valence-corrected chi connectivity index (χ0v) is 14.7. The van der Waals surface area contributed by atoms with Crippen LogP contribution in [0.3, 0.4) is 0 Å². The highest BCUT2D eigenvalue weighted by atomic mass is 16.5. The minimum absolute atomic E-state index is 0.112. The molecular formula is C19H26N2O4. The minimum atomic E-state index is -0.112. The van der Waals surface area contributed by atoms with Crippen molar-refractivity contribution in [2.24, 2.45) is 0 Å². The molecule has 25 heavy (non-hydrogen) atoms. The maximum Gasteiger partial charge on any atom is 0.244 e. The molecule has 0 saturated carbocycles. The lowest BCUT2D eigenvalue weighted by Gasteiger charge is -2.26. The quantitative estimate of drug-likeness (QED) is 0.545. The number of carbonyl (C=O) groups is 1. The number of ether oxygens (including phenoxy) is 3. The van der Waals surface area contributed by atoms with Crippen LogP contribution in [0.4, 0.5) is 0 Å². The van der Waals surface area contributed by atoms with Gasteiger partial charge in [-0.2, -0.15) is 0 Å². The molecule has 0 radical (unpaired) electrons. The van der Waals surface area contributed by atoms with E-state index in [9.17, 15) is 4.79 Å². The molecule has 0 aliphatic carbocycles. The molecular weight excluding hydrogens is 320 g/mol. The van der Waals surface area contributed by atoms with Crippen LogP contribution in [-0.4, -0.2) is 63.9 Å². The van der Waals surface area contributed by atoms with Crippen molar-refractivity contribution in [2.45, 2.75) is 0 Å². The van der Waals surface area contributed by atoms with E-state index in [2.05, 4.69) is 16.8 Å². The lowest BCUT2D eigenvalue weighted by Crippen LogP contribution is -2.41. The van der Waals surface area contributed by atoms with E-state index in [1.54, 1.807) is 19.3 Å². The van der Waals surface area contributed by atoms with Gasteiger partial charge in [0.25, 0.3) is 0 Å². The standard InChI is InChI=1S/C19H26N2O4/c1-3-12-25-17-6-4-16(15-18(17)23-2)5-7-19(22)20-8-9-21-10-13-24-14-11-21/h3-7,15H,1,8-14H2,2H3,(H,20,22)/b7-5+. The first-order valence-electron chi connectivity index (χ1n) is 8.40. The number of carbonyl (C=O) groups excluding carboxylic acids is 1. The van der Waals surface area contributed by atoms with Gasteiger partial charge in [-0.15, -0.1) is 0 Å². The van der Waals surface area contributed by atoms with Gasteiger partial charge >= 0.3 is 0 Å². The molecule has 0 aromatic heterocycles. The Bertz CT molecular complexity index is 595. The average Bonchev–Trinajstić information content (AvgIpc) is 2.65. The molecule has 1 fully saturated rings. The Balaban J connectivity index is 1.81.